The molecular formula is C21H26F3N3O2. The highest BCUT2D eigenvalue weighted by Gasteiger charge is 2.38. The lowest BCUT2D eigenvalue weighted by Crippen LogP contribution is -2.41. The SMILES string of the molecule is CCCC(C)(C)C(=O)N(Cc1ccc(-c2noc(C(F)(F)F)n2)cc1)CC1CC1. The summed E-state index contributed by atoms with van der Waals surface area (Å²) in [6.45, 7) is 7.25. The third-order valence-electron chi connectivity index (χ3n) is 5.17. The highest BCUT2D eigenvalue weighted by molar-refractivity contribution is 5.82. The molecule has 1 aliphatic rings. The molecule has 0 radical (unpaired) electrons. The number of aromatic nitrogens is 2. The van der Waals surface area contributed by atoms with Gasteiger partial charge in [-0.05, 0) is 30.7 Å². The third kappa shape index (κ3) is 5.36. The van der Waals surface area contributed by atoms with Crippen LogP contribution in [0, 0.1) is 11.3 Å². The Balaban J connectivity index is 1.73. The van der Waals surface area contributed by atoms with Gasteiger partial charge in [0.25, 0.3) is 0 Å². The van der Waals surface area contributed by atoms with Gasteiger partial charge in [0.2, 0.25) is 11.7 Å². The molecule has 0 aliphatic heterocycles. The van der Waals surface area contributed by atoms with E-state index in [0.717, 1.165) is 37.8 Å². The molecule has 0 unspecified atom stereocenters. The molecule has 1 amide bonds. The van der Waals surface area contributed by atoms with Crippen molar-refractivity contribution in [1.82, 2.24) is 15.0 Å². The van der Waals surface area contributed by atoms with Gasteiger partial charge >= 0.3 is 12.1 Å². The number of hydrogen-bond acceptors (Lipinski definition) is 4. The van der Waals surface area contributed by atoms with Crippen molar-refractivity contribution in [2.24, 2.45) is 11.3 Å². The zero-order valence-electron chi connectivity index (χ0n) is 16.9. The topological polar surface area (TPSA) is 59.2 Å². The van der Waals surface area contributed by atoms with Crippen LogP contribution in [0.4, 0.5) is 13.2 Å². The Morgan fingerprint density at radius 3 is 2.38 bits per heavy atom. The number of benzene rings is 1. The van der Waals surface area contributed by atoms with Crippen molar-refractivity contribution in [3.05, 3.63) is 35.7 Å². The molecule has 1 heterocycles. The number of halogens is 3. The maximum absolute atomic E-state index is 13.1. The number of alkyl halides is 3. The smallest absolute Gasteiger partial charge is 0.338 e. The summed E-state index contributed by atoms with van der Waals surface area (Å²) in [5, 5.41) is 3.40. The molecule has 1 aromatic heterocycles. The van der Waals surface area contributed by atoms with Gasteiger partial charge in [0.15, 0.2) is 0 Å². The van der Waals surface area contributed by atoms with Gasteiger partial charge in [0.1, 0.15) is 0 Å². The molecule has 0 bridgehead atoms. The minimum absolute atomic E-state index is 0.112. The monoisotopic (exact) mass is 409 g/mol. The van der Waals surface area contributed by atoms with Gasteiger partial charge in [-0.2, -0.15) is 18.2 Å². The first kappa shape index (κ1) is 21.3. The van der Waals surface area contributed by atoms with Crippen LogP contribution in [0.3, 0.4) is 0 Å². The summed E-state index contributed by atoms with van der Waals surface area (Å²) in [5.41, 5.74) is 0.927. The molecule has 0 spiro atoms. The molecule has 1 aromatic carbocycles. The van der Waals surface area contributed by atoms with E-state index in [4.69, 9.17) is 0 Å². The second-order valence-electron chi connectivity index (χ2n) is 8.38. The fourth-order valence-electron chi connectivity index (χ4n) is 3.43. The fourth-order valence-corrected chi connectivity index (χ4v) is 3.43. The van der Waals surface area contributed by atoms with Crippen molar-refractivity contribution in [3.63, 3.8) is 0 Å². The Bertz CT molecular complexity index is 840. The molecular weight excluding hydrogens is 383 g/mol. The van der Waals surface area contributed by atoms with Gasteiger partial charge in [-0.1, -0.05) is 56.6 Å². The van der Waals surface area contributed by atoms with Gasteiger partial charge < -0.3 is 9.42 Å². The second kappa shape index (κ2) is 8.16. The number of hydrogen-bond donors (Lipinski definition) is 0. The first-order valence-electron chi connectivity index (χ1n) is 9.89. The van der Waals surface area contributed by atoms with Crippen molar-refractivity contribution in [1.29, 1.82) is 0 Å². The number of nitrogens with zero attached hydrogens (tertiary/aromatic N) is 3. The Hall–Kier alpha value is -2.38. The third-order valence-corrected chi connectivity index (χ3v) is 5.17. The van der Waals surface area contributed by atoms with Crippen molar-refractivity contribution < 1.29 is 22.5 Å². The second-order valence-corrected chi connectivity index (χ2v) is 8.38. The molecule has 1 saturated carbocycles. The molecule has 0 saturated heterocycles. The zero-order chi connectivity index (χ0) is 21.2. The molecule has 0 N–H and O–H groups in total. The number of rotatable bonds is 8. The molecule has 2 aromatic rings. The molecule has 3 rings (SSSR count). The van der Waals surface area contributed by atoms with Crippen LogP contribution < -0.4 is 0 Å². The van der Waals surface area contributed by atoms with Crippen molar-refractivity contribution in [2.75, 3.05) is 6.54 Å². The summed E-state index contributed by atoms with van der Waals surface area (Å²) >= 11 is 0. The molecule has 29 heavy (non-hydrogen) atoms. The Morgan fingerprint density at radius 1 is 1.21 bits per heavy atom. The zero-order valence-corrected chi connectivity index (χ0v) is 16.9. The van der Waals surface area contributed by atoms with Crippen LogP contribution in [-0.4, -0.2) is 27.5 Å². The fraction of sp³-hybridized carbons (Fsp3) is 0.571. The van der Waals surface area contributed by atoms with E-state index >= 15 is 0 Å². The van der Waals surface area contributed by atoms with E-state index < -0.39 is 17.5 Å². The van der Waals surface area contributed by atoms with Crippen LogP contribution in [-0.2, 0) is 17.5 Å². The van der Waals surface area contributed by atoms with Crippen LogP contribution in [0.25, 0.3) is 11.4 Å². The Labute approximate surface area is 168 Å². The Morgan fingerprint density at radius 2 is 1.86 bits per heavy atom. The van der Waals surface area contributed by atoms with E-state index in [1.54, 1.807) is 24.3 Å². The minimum Gasteiger partial charge on any atom is -0.338 e. The van der Waals surface area contributed by atoms with E-state index in [1.807, 2.05) is 18.7 Å². The maximum atomic E-state index is 13.1. The summed E-state index contributed by atoms with van der Waals surface area (Å²) in [4.78, 5) is 18.4. The van der Waals surface area contributed by atoms with Crippen molar-refractivity contribution in [2.45, 2.75) is 59.2 Å². The van der Waals surface area contributed by atoms with E-state index in [0.29, 0.717) is 18.0 Å². The van der Waals surface area contributed by atoms with Gasteiger partial charge in [0.05, 0.1) is 0 Å². The Kier molecular flexibility index (Phi) is 6.00. The van der Waals surface area contributed by atoms with Crippen LogP contribution in [0.2, 0.25) is 0 Å². The number of carbonyl (C=O) groups excluding carboxylic acids is 1. The lowest BCUT2D eigenvalue weighted by Gasteiger charge is -2.32. The van der Waals surface area contributed by atoms with Gasteiger partial charge in [-0.25, -0.2) is 0 Å². The van der Waals surface area contributed by atoms with Gasteiger partial charge in [-0.3, -0.25) is 4.79 Å². The average Bonchev–Trinajstić information content (AvgIpc) is 3.31. The lowest BCUT2D eigenvalue weighted by atomic mass is 9.86. The molecule has 5 nitrogen and oxygen atoms in total. The maximum Gasteiger partial charge on any atom is 0.471 e. The number of carbonyl (C=O) groups is 1. The predicted octanol–water partition coefficient (Wildman–Crippen LogP) is 5.32. The molecule has 8 heteroatoms. The predicted molar refractivity (Wildman–Crippen MR) is 102 cm³/mol. The van der Waals surface area contributed by atoms with Gasteiger partial charge in [0, 0.05) is 24.1 Å². The molecule has 1 fully saturated rings. The minimum atomic E-state index is -4.67. The normalized spacial score (nSPS) is 14.8. The van der Waals surface area contributed by atoms with E-state index in [1.165, 1.54) is 0 Å². The largest absolute Gasteiger partial charge is 0.471 e. The van der Waals surface area contributed by atoms with Gasteiger partial charge in [-0.15, -0.1) is 0 Å². The average molecular weight is 409 g/mol. The highest BCUT2D eigenvalue weighted by Crippen LogP contribution is 2.33. The van der Waals surface area contributed by atoms with E-state index in [9.17, 15) is 18.0 Å². The van der Waals surface area contributed by atoms with Crippen molar-refractivity contribution in [3.8, 4) is 11.4 Å². The summed E-state index contributed by atoms with van der Waals surface area (Å²) < 4.78 is 42.2. The summed E-state index contributed by atoms with van der Waals surface area (Å²) in [6.07, 6.45) is -0.604. The quantitative estimate of drug-likeness (QED) is 0.592. The van der Waals surface area contributed by atoms with Crippen LogP contribution in [0.15, 0.2) is 28.8 Å². The highest BCUT2D eigenvalue weighted by atomic mass is 19.4. The van der Waals surface area contributed by atoms with E-state index in [-0.39, 0.29) is 11.7 Å². The van der Waals surface area contributed by atoms with E-state index in [2.05, 4.69) is 21.6 Å². The summed E-state index contributed by atoms with van der Waals surface area (Å²) in [6, 6.07) is 6.88. The summed E-state index contributed by atoms with van der Waals surface area (Å²) in [7, 11) is 0. The molecule has 158 valence electrons. The standard InChI is InChI=1S/C21H26F3N3O2/c1-4-11-20(2,3)19(28)27(12-14-5-6-14)13-15-7-9-16(10-8-15)17-25-18(29-26-17)21(22,23)24/h7-10,14H,4-6,11-13H2,1-3H3. The molecule has 0 atom stereocenters. The first-order chi connectivity index (χ1) is 13.6. The number of amides is 1. The molecule has 1 aliphatic carbocycles. The lowest BCUT2D eigenvalue weighted by molar-refractivity contribution is -0.159. The van der Waals surface area contributed by atoms with Crippen LogP contribution in [0.5, 0.6) is 0 Å². The first-order valence-corrected chi connectivity index (χ1v) is 9.89. The van der Waals surface area contributed by atoms with Crippen LogP contribution in [0.1, 0.15) is 57.9 Å². The van der Waals surface area contributed by atoms with Crippen molar-refractivity contribution >= 4 is 5.91 Å². The van der Waals surface area contributed by atoms with Crippen LogP contribution >= 0.6 is 0 Å². The summed E-state index contributed by atoms with van der Waals surface area (Å²) in [5.74, 6) is -0.770.